The van der Waals surface area contributed by atoms with Gasteiger partial charge < -0.3 is 15.5 Å². The van der Waals surface area contributed by atoms with Crippen molar-refractivity contribution >= 4 is 5.91 Å². The van der Waals surface area contributed by atoms with Crippen LogP contribution in [0, 0.1) is 12.8 Å². The zero-order valence-corrected chi connectivity index (χ0v) is 16.2. The Labute approximate surface area is 167 Å². The number of carbonyl (C=O) groups excluding carboxylic acids is 1. The van der Waals surface area contributed by atoms with E-state index in [1.807, 2.05) is 19.1 Å². The van der Waals surface area contributed by atoms with E-state index in [9.17, 15) is 15.0 Å². The van der Waals surface area contributed by atoms with E-state index in [1.54, 1.807) is 41.1 Å². The minimum Gasteiger partial charge on any atom is -0.390 e. The molecule has 4 atom stereocenters. The van der Waals surface area contributed by atoms with Gasteiger partial charge in [-0.3, -0.25) is 19.1 Å². The normalized spacial score (nSPS) is 24.0. The number of hydrogen-bond donors (Lipinski definition) is 3. The van der Waals surface area contributed by atoms with E-state index in [1.165, 1.54) is 0 Å². The second-order valence-corrected chi connectivity index (χ2v) is 7.42. The number of aliphatic hydroxyl groups is 2. The molecule has 0 saturated heterocycles. The van der Waals surface area contributed by atoms with Crippen LogP contribution in [-0.4, -0.2) is 64.1 Å². The molecule has 4 rings (SSSR count). The number of aryl methyl sites for hydroxylation is 2. The minimum atomic E-state index is -1.06. The lowest BCUT2D eigenvalue weighted by atomic mass is 10.1. The van der Waals surface area contributed by atoms with E-state index in [2.05, 4.69) is 25.7 Å². The molecule has 10 heteroatoms. The van der Waals surface area contributed by atoms with Crippen molar-refractivity contribution in [3.8, 4) is 11.3 Å². The topological polar surface area (TPSA) is 131 Å². The number of aromatic nitrogens is 6. The maximum atomic E-state index is 12.4. The van der Waals surface area contributed by atoms with E-state index in [0.29, 0.717) is 18.7 Å². The highest BCUT2D eigenvalue weighted by Gasteiger charge is 2.42. The molecule has 3 aromatic heterocycles. The van der Waals surface area contributed by atoms with Gasteiger partial charge in [-0.15, -0.1) is 5.10 Å². The Morgan fingerprint density at radius 2 is 2.17 bits per heavy atom. The lowest BCUT2D eigenvalue weighted by Gasteiger charge is -2.17. The van der Waals surface area contributed by atoms with Crippen LogP contribution < -0.4 is 5.32 Å². The largest absolute Gasteiger partial charge is 0.390 e. The summed E-state index contributed by atoms with van der Waals surface area (Å²) in [6.45, 7) is 2.23. The highest BCUT2D eigenvalue weighted by atomic mass is 16.3. The zero-order chi connectivity index (χ0) is 20.5. The number of nitrogens with one attached hydrogen (secondary N) is 1. The Morgan fingerprint density at radius 1 is 1.34 bits per heavy atom. The van der Waals surface area contributed by atoms with E-state index < -0.39 is 18.2 Å². The van der Waals surface area contributed by atoms with E-state index in [-0.39, 0.29) is 17.5 Å². The summed E-state index contributed by atoms with van der Waals surface area (Å²) in [4.78, 5) is 16.5. The molecule has 3 N–H and O–H groups in total. The molecular weight excluding hydrogens is 374 g/mol. The fraction of sp³-hybridized carbons (Fsp3) is 0.421. The smallest absolute Gasteiger partial charge is 0.272 e. The molecule has 29 heavy (non-hydrogen) atoms. The van der Waals surface area contributed by atoms with E-state index in [4.69, 9.17) is 0 Å². The van der Waals surface area contributed by atoms with Crippen LogP contribution in [0.2, 0.25) is 0 Å². The molecule has 1 fully saturated rings. The highest BCUT2D eigenvalue weighted by Crippen LogP contribution is 2.29. The van der Waals surface area contributed by atoms with Gasteiger partial charge in [-0.25, -0.2) is 0 Å². The zero-order valence-electron chi connectivity index (χ0n) is 16.2. The second kappa shape index (κ2) is 7.72. The fourth-order valence-corrected chi connectivity index (χ4v) is 3.64. The molecule has 1 aliphatic carbocycles. The summed E-state index contributed by atoms with van der Waals surface area (Å²) in [6, 6.07) is 4.83. The number of carbonyl (C=O) groups is 1. The summed E-state index contributed by atoms with van der Waals surface area (Å²) in [6.07, 6.45) is 3.55. The van der Waals surface area contributed by atoms with Gasteiger partial charge in [0.15, 0.2) is 0 Å². The van der Waals surface area contributed by atoms with Gasteiger partial charge >= 0.3 is 0 Å². The molecular formula is C19H23N7O3. The van der Waals surface area contributed by atoms with E-state index in [0.717, 1.165) is 11.3 Å². The number of hydrogen-bond acceptors (Lipinski definition) is 7. The van der Waals surface area contributed by atoms with Crippen LogP contribution in [0.1, 0.15) is 22.6 Å². The molecule has 1 amide bonds. The third-order valence-electron chi connectivity index (χ3n) is 5.38. The molecule has 10 nitrogen and oxygen atoms in total. The average molecular weight is 397 g/mol. The molecule has 0 radical (unpaired) electrons. The van der Waals surface area contributed by atoms with Crippen molar-refractivity contribution < 1.29 is 15.0 Å². The summed E-state index contributed by atoms with van der Waals surface area (Å²) in [5.41, 5.74) is 2.67. The van der Waals surface area contributed by atoms with Crippen molar-refractivity contribution in [3.05, 3.63) is 48.2 Å². The van der Waals surface area contributed by atoms with Crippen LogP contribution in [0.15, 0.2) is 36.8 Å². The Balaban J connectivity index is 1.41. The van der Waals surface area contributed by atoms with Crippen molar-refractivity contribution in [1.29, 1.82) is 0 Å². The average Bonchev–Trinajstić information content (AvgIpc) is 3.39. The van der Waals surface area contributed by atoms with Crippen molar-refractivity contribution in [2.75, 3.05) is 0 Å². The van der Waals surface area contributed by atoms with Crippen LogP contribution in [0.4, 0.5) is 0 Å². The van der Waals surface area contributed by atoms with Crippen LogP contribution >= 0.6 is 0 Å². The predicted octanol–water partition coefficient (Wildman–Crippen LogP) is -0.0777. The molecule has 0 bridgehead atoms. The van der Waals surface area contributed by atoms with Gasteiger partial charge in [0, 0.05) is 43.2 Å². The summed E-state index contributed by atoms with van der Waals surface area (Å²) in [5, 5.41) is 36.0. The number of nitrogens with zero attached hydrogens (tertiary/aromatic N) is 6. The number of pyridine rings is 1. The maximum Gasteiger partial charge on any atom is 0.272 e. The first-order valence-electron chi connectivity index (χ1n) is 9.40. The Kier molecular flexibility index (Phi) is 5.12. The molecule has 152 valence electrons. The van der Waals surface area contributed by atoms with Crippen molar-refractivity contribution in [2.45, 2.75) is 38.1 Å². The third-order valence-corrected chi connectivity index (χ3v) is 5.38. The molecule has 4 unspecified atom stereocenters. The Hall–Kier alpha value is -3.11. The van der Waals surface area contributed by atoms with Gasteiger partial charge in [-0.2, -0.15) is 5.10 Å². The van der Waals surface area contributed by atoms with Crippen LogP contribution in [-0.2, 0) is 13.6 Å². The van der Waals surface area contributed by atoms with Gasteiger partial charge in [0.2, 0.25) is 0 Å². The molecule has 0 aliphatic heterocycles. The minimum absolute atomic E-state index is 0.274. The first-order chi connectivity index (χ1) is 13.9. The van der Waals surface area contributed by atoms with Gasteiger partial charge in [0.25, 0.3) is 5.91 Å². The first kappa shape index (κ1) is 19.2. The summed E-state index contributed by atoms with van der Waals surface area (Å²) < 4.78 is 3.25. The molecule has 0 spiro atoms. The van der Waals surface area contributed by atoms with Crippen LogP contribution in [0.5, 0.6) is 0 Å². The second-order valence-electron chi connectivity index (χ2n) is 7.42. The maximum absolute atomic E-state index is 12.4. The molecule has 1 aliphatic rings. The standard InChI is InChI=1S/C19H23N7O3/c1-11-6-15(23-25(11)2)19(29)21-14-7-13(17(27)18(14)28)9-26-10-16(22-24-26)12-4-3-5-20-8-12/h3-6,8,10,13-14,17-18,27-28H,7,9H2,1-2H3,(H,21,29). The lowest BCUT2D eigenvalue weighted by molar-refractivity contribution is 0.00759. The van der Waals surface area contributed by atoms with Crippen LogP contribution in [0.3, 0.4) is 0 Å². The first-order valence-corrected chi connectivity index (χ1v) is 9.40. The number of amides is 1. The van der Waals surface area contributed by atoms with Gasteiger partial charge in [0.1, 0.15) is 17.5 Å². The number of rotatable bonds is 5. The summed E-state index contributed by atoms with van der Waals surface area (Å²) in [5.74, 6) is -0.644. The monoisotopic (exact) mass is 397 g/mol. The van der Waals surface area contributed by atoms with Gasteiger partial charge in [0.05, 0.1) is 18.3 Å². The quantitative estimate of drug-likeness (QED) is 0.549. The van der Waals surface area contributed by atoms with Gasteiger partial charge in [-0.05, 0) is 31.5 Å². The highest BCUT2D eigenvalue weighted by molar-refractivity contribution is 5.92. The fourth-order valence-electron chi connectivity index (χ4n) is 3.64. The van der Waals surface area contributed by atoms with Crippen molar-refractivity contribution in [1.82, 2.24) is 35.1 Å². The molecule has 0 aromatic carbocycles. The molecule has 3 heterocycles. The van der Waals surface area contributed by atoms with Crippen LogP contribution in [0.25, 0.3) is 11.3 Å². The number of aliphatic hydroxyl groups excluding tert-OH is 2. The lowest BCUT2D eigenvalue weighted by Crippen LogP contribution is -2.43. The molecule has 1 saturated carbocycles. The SMILES string of the molecule is Cc1cc(C(=O)NC2CC(Cn3cc(-c4cccnc4)nn3)C(O)C2O)nn1C. The predicted molar refractivity (Wildman–Crippen MR) is 103 cm³/mol. The van der Waals surface area contributed by atoms with Gasteiger partial charge in [-0.1, -0.05) is 5.21 Å². The van der Waals surface area contributed by atoms with Crippen molar-refractivity contribution in [3.63, 3.8) is 0 Å². The third kappa shape index (κ3) is 3.89. The summed E-state index contributed by atoms with van der Waals surface area (Å²) >= 11 is 0. The summed E-state index contributed by atoms with van der Waals surface area (Å²) in [7, 11) is 1.76. The Bertz CT molecular complexity index is 981. The van der Waals surface area contributed by atoms with E-state index >= 15 is 0 Å². The molecule has 3 aromatic rings. The van der Waals surface area contributed by atoms with Crippen molar-refractivity contribution in [2.24, 2.45) is 13.0 Å². The Morgan fingerprint density at radius 3 is 2.86 bits per heavy atom.